The van der Waals surface area contributed by atoms with Crippen LogP contribution in [-0.4, -0.2) is 60.5 Å². The quantitative estimate of drug-likeness (QED) is 0.522. The van der Waals surface area contributed by atoms with Crippen molar-refractivity contribution >= 4 is 0 Å². The third-order valence-electron chi connectivity index (χ3n) is 3.84. The summed E-state index contributed by atoms with van der Waals surface area (Å²) in [5, 5.41) is 22.2. The number of aliphatic hydroxyl groups excluding tert-OH is 2. The minimum atomic E-state index is -0.292. The molecule has 0 radical (unpaired) electrons. The molecule has 0 aromatic rings. The lowest BCUT2D eigenvalue weighted by Crippen LogP contribution is -2.39. The molecule has 1 fully saturated rings. The molecule has 0 aromatic heterocycles. The summed E-state index contributed by atoms with van der Waals surface area (Å²) in [6.45, 7) is 8.82. The Hall–Kier alpha value is -0.160. The van der Waals surface area contributed by atoms with Crippen molar-refractivity contribution in [1.29, 1.82) is 0 Å². The highest BCUT2D eigenvalue weighted by Gasteiger charge is 2.41. The summed E-state index contributed by atoms with van der Waals surface area (Å²) in [6.07, 6.45) is 3.03. The SMILES string of the molecule is CCN(CC)CC(O)CNCC1(CCO)CC1. The van der Waals surface area contributed by atoms with Crippen molar-refractivity contribution in [2.45, 2.75) is 39.2 Å². The molecule has 4 heteroatoms. The predicted octanol–water partition coefficient (Wildman–Crippen LogP) is 0.441. The Bertz CT molecular complexity index is 204. The topological polar surface area (TPSA) is 55.7 Å². The van der Waals surface area contributed by atoms with E-state index in [-0.39, 0.29) is 12.7 Å². The first-order chi connectivity index (χ1) is 8.15. The van der Waals surface area contributed by atoms with Crippen LogP contribution in [0.2, 0.25) is 0 Å². The van der Waals surface area contributed by atoms with Gasteiger partial charge in [0.25, 0.3) is 0 Å². The first-order valence-electron chi connectivity index (χ1n) is 6.88. The number of hydrogen-bond acceptors (Lipinski definition) is 4. The third kappa shape index (κ3) is 5.34. The van der Waals surface area contributed by atoms with Crippen molar-refractivity contribution in [3.8, 4) is 0 Å². The summed E-state index contributed by atoms with van der Waals surface area (Å²) in [5.41, 5.74) is 0.337. The lowest BCUT2D eigenvalue weighted by molar-refractivity contribution is 0.114. The van der Waals surface area contributed by atoms with Crippen LogP contribution in [-0.2, 0) is 0 Å². The van der Waals surface area contributed by atoms with E-state index >= 15 is 0 Å². The van der Waals surface area contributed by atoms with Crippen LogP contribution in [0.25, 0.3) is 0 Å². The summed E-state index contributed by atoms with van der Waals surface area (Å²) in [4.78, 5) is 2.23. The van der Waals surface area contributed by atoms with Gasteiger partial charge in [-0.05, 0) is 37.8 Å². The summed E-state index contributed by atoms with van der Waals surface area (Å²) in [7, 11) is 0. The molecule has 0 aromatic carbocycles. The molecule has 0 saturated heterocycles. The Morgan fingerprint density at radius 2 is 1.94 bits per heavy atom. The van der Waals surface area contributed by atoms with Crippen LogP contribution >= 0.6 is 0 Å². The predicted molar refractivity (Wildman–Crippen MR) is 70.0 cm³/mol. The van der Waals surface area contributed by atoms with Gasteiger partial charge in [-0.15, -0.1) is 0 Å². The van der Waals surface area contributed by atoms with Gasteiger partial charge in [0.05, 0.1) is 6.10 Å². The second kappa shape index (κ2) is 7.31. The van der Waals surface area contributed by atoms with Crippen LogP contribution in [0.1, 0.15) is 33.1 Å². The van der Waals surface area contributed by atoms with E-state index in [9.17, 15) is 5.11 Å². The molecule has 1 atom stereocenters. The average Bonchev–Trinajstić information content (AvgIpc) is 3.06. The molecule has 1 aliphatic carbocycles. The highest BCUT2D eigenvalue weighted by Crippen LogP contribution is 2.47. The highest BCUT2D eigenvalue weighted by molar-refractivity contribution is 4.94. The molecule has 1 rings (SSSR count). The fraction of sp³-hybridized carbons (Fsp3) is 1.00. The molecule has 0 aliphatic heterocycles. The van der Waals surface area contributed by atoms with Gasteiger partial charge < -0.3 is 20.4 Å². The van der Waals surface area contributed by atoms with Gasteiger partial charge in [-0.25, -0.2) is 0 Å². The van der Waals surface area contributed by atoms with Gasteiger partial charge in [0.1, 0.15) is 0 Å². The summed E-state index contributed by atoms with van der Waals surface area (Å²) < 4.78 is 0. The second-order valence-electron chi connectivity index (χ2n) is 5.24. The van der Waals surface area contributed by atoms with Gasteiger partial charge in [0.15, 0.2) is 0 Å². The maximum Gasteiger partial charge on any atom is 0.0791 e. The van der Waals surface area contributed by atoms with E-state index in [0.717, 1.165) is 32.6 Å². The normalized spacial score (nSPS) is 19.6. The molecule has 1 saturated carbocycles. The van der Waals surface area contributed by atoms with E-state index in [1.807, 2.05) is 0 Å². The summed E-state index contributed by atoms with van der Waals surface area (Å²) in [5.74, 6) is 0. The molecule has 17 heavy (non-hydrogen) atoms. The van der Waals surface area contributed by atoms with Crippen LogP contribution in [0, 0.1) is 5.41 Å². The Morgan fingerprint density at radius 1 is 1.29 bits per heavy atom. The zero-order valence-electron chi connectivity index (χ0n) is 11.3. The van der Waals surface area contributed by atoms with E-state index in [4.69, 9.17) is 5.11 Å². The van der Waals surface area contributed by atoms with Crippen molar-refractivity contribution < 1.29 is 10.2 Å². The lowest BCUT2D eigenvalue weighted by Gasteiger charge is -2.23. The molecule has 102 valence electrons. The summed E-state index contributed by atoms with van der Waals surface area (Å²) in [6, 6.07) is 0. The number of nitrogens with one attached hydrogen (secondary N) is 1. The third-order valence-corrected chi connectivity index (χ3v) is 3.84. The zero-order chi connectivity index (χ0) is 12.7. The van der Waals surface area contributed by atoms with E-state index < -0.39 is 0 Å². The van der Waals surface area contributed by atoms with Crippen molar-refractivity contribution in [2.24, 2.45) is 5.41 Å². The van der Waals surface area contributed by atoms with Crippen molar-refractivity contribution in [2.75, 3.05) is 39.3 Å². The molecule has 0 bridgehead atoms. The molecule has 1 unspecified atom stereocenters. The fourth-order valence-electron chi connectivity index (χ4n) is 2.28. The maximum absolute atomic E-state index is 9.88. The molecular weight excluding hydrogens is 216 g/mol. The lowest BCUT2D eigenvalue weighted by atomic mass is 10.0. The van der Waals surface area contributed by atoms with Crippen LogP contribution in [0.5, 0.6) is 0 Å². The standard InChI is InChI=1S/C13H28N2O2/c1-3-15(4-2)10-12(17)9-14-11-13(5-6-13)7-8-16/h12,14,16-17H,3-11H2,1-2H3. The molecule has 0 spiro atoms. The van der Waals surface area contributed by atoms with Crippen LogP contribution in [0.3, 0.4) is 0 Å². The first-order valence-corrected chi connectivity index (χ1v) is 6.88. The summed E-state index contributed by atoms with van der Waals surface area (Å²) >= 11 is 0. The van der Waals surface area contributed by atoms with E-state index in [0.29, 0.717) is 12.0 Å². The van der Waals surface area contributed by atoms with Crippen molar-refractivity contribution in [3.05, 3.63) is 0 Å². The Morgan fingerprint density at radius 3 is 2.41 bits per heavy atom. The average molecular weight is 244 g/mol. The largest absolute Gasteiger partial charge is 0.396 e. The smallest absolute Gasteiger partial charge is 0.0791 e. The number of rotatable bonds is 10. The molecule has 0 amide bonds. The van der Waals surface area contributed by atoms with E-state index in [1.54, 1.807) is 0 Å². The van der Waals surface area contributed by atoms with Crippen LogP contribution in [0.15, 0.2) is 0 Å². The first kappa shape index (κ1) is 14.9. The van der Waals surface area contributed by atoms with Crippen LogP contribution < -0.4 is 5.32 Å². The number of likely N-dealkylation sites (N-methyl/N-ethyl adjacent to an activating group) is 1. The zero-order valence-corrected chi connectivity index (χ0v) is 11.3. The second-order valence-corrected chi connectivity index (χ2v) is 5.24. The molecular formula is C13H28N2O2. The van der Waals surface area contributed by atoms with E-state index in [2.05, 4.69) is 24.1 Å². The molecule has 1 aliphatic rings. The molecule has 0 heterocycles. The number of hydrogen-bond donors (Lipinski definition) is 3. The van der Waals surface area contributed by atoms with Crippen molar-refractivity contribution in [1.82, 2.24) is 10.2 Å². The van der Waals surface area contributed by atoms with Gasteiger partial charge in [0.2, 0.25) is 0 Å². The highest BCUT2D eigenvalue weighted by atomic mass is 16.3. The Balaban J connectivity index is 2.09. The van der Waals surface area contributed by atoms with Gasteiger partial charge >= 0.3 is 0 Å². The minimum Gasteiger partial charge on any atom is -0.396 e. The molecule has 4 nitrogen and oxygen atoms in total. The van der Waals surface area contributed by atoms with Crippen molar-refractivity contribution in [3.63, 3.8) is 0 Å². The molecule has 3 N–H and O–H groups in total. The number of aliphatic hydroxyl groups is 2. The van der Waals surface area contributed by atoms with Crippen LogP contribution in [0.4, 0.5) is 0 Å². The van der Waals surface area contributed by atoms with Gasteiger partial charge in [-0.1, -0.05) is 13.8 Å². The Kier molecular flexibility index (Phi) is 6.41. The van der Waals surface area contributed by atoms with Gasteiger partial charge in [-0.3, -0.25) is 0 Å². The number of nitrogens with zero attached hydrogens (tertiary/aromatic N) is 1. The monoisotopic (exact) mass is 244 g/mol. The Labute approximate surface area is 105 Å². The van der Waals surface area contributed by atoms with E-state index in [1.165, 1.54) is 12.8 Å². The van der Waals surface area contributed by atoms with Gasteiger partial charge in [0, 0.05) is 26.2 Å². The fourth-order valence-corrected chi connectivity index (χ4v) is 2.28. The minimum absolute atomic E-state index is 0.281. The van der Waals surface area contributed by atoms with Gasteiger partial charge in [-0.2, -0.15) is 0 Å². The maximum atomic E-state index is 9.88.